The van der Waals surface area contributed by atoms with Gasteiger partial charge < -0.3 is 19.5 Å². The van der Waals surface area contributed by atoms with Crippen molar-refractivity contribution in [3.63, 3.8) is 0 Å². The first kappa shape index (κ1) is 19.9. The van der Waals surface area contributed by atoms with Gasteiger partial charge in [-0.3, -0.25) is 9.59 Å². The zero-order valence-electron chi connectivity index (χ0n) is 16.1. The fraction of sp³-hybridized carbons (Fsp3) is 0.364. The quantitative estimate of drug-likeness (QED) is 0.853. The Balaban J connectivity index is 0.000000391. The van der Waals surface area contributed by atoms with Crippen LogP contribution in [0.4, 0.5) is 0 Å². The summed E-state index contributed by atoms with van der Waals surface area (Å²) in [5.41, 5.74) is 2.37. The number of rotatable bonds is 5. The molecule has 2 aromatic rings. The number of hydrogen-bond donors (Lipinski definition) is 1. The molecule has 2 aromatic carbocycles. The summed E-state index contributed by atoms with van der Waals surface area (Å²) < 4.78 is 10.1. The fourth-order valence-corrected chi connectivity index (χ4v) is 3.28. The van der Waals surface area contributed by atoms with Gasteiger partial charge in [-0.15, -0.1) is 0 Å². The van der Waals surface area contributed by atoms with E-state index < -0.39 is 12.0 Å². The van der Waals surface area contributed by atoms with Gasteiger partial charge in [-0.25, -0.2) is 0 Å². The van der Waals surface area contributed by atoms with Gasteiger partial charge in [-0.2, -0.15) is 0 Å². The standard InChI is InChI=1S/C18H17NO4.C4H8O/c1-23-14-8-6-12(7-9-14)16(10-17(20)21)19-11-13-4-2-3-5-15(13)18(19)22;1-4-2-3-5-4/h2-9,16H,10-11H2,1H3,(H,20,21);4H,2-3H2,1H3. The highest BCUT2D eigenvalue weighted by Gasteiger charge is 2.34. The number of methoxy groups -OCH3 is 1. The second-order valence-electron chi connectivity index (χ2n) is 6.95. The average Bonchev–Trinajstić information content (AvgIpc) is 3.02. The van der Waals surface area contributed by atoms with Crippen molar-refractivity contribution in [3.05, 3.63) is 65.2 Å². The summed E-state index contributed by atoms with van der Waals surface area (Å²) in [5, 5.41) is 9.25. The smallest absolute Gasteiger partial charge is 0.305 e. The van der Waals surface area contributed by atoms with E-state index in [1.165, 1.54) is 6.42 Å². The molecular formula is C22H25NO5. The van der Waals surface area contributed by atoms with E-state index in [1.54, 1.807) is 30.2 Å². The maximum atomic E-state index is 12.6. The van der Waals surface area contributed by atoms with Crippen molar-refractivity contribution in [2.45, 2.75) is 38.5 Å². The summed E-state index contributed by atoms with van der Waals surface area (Å²) in [5.74, 6) is -0.365. The number of ether oxygens (including phenoxy) is 2. The van der Waals surface area contributed by atoms with Crippen LogP contribution in [0.25, 0.3) is 0 Å². The van der Waals surface area contributed by atoms with Crippen LogP contribution in [0.3, 0.4) is 0 Å². The Morgan fingerprint density at radius 2 is 1.89 bits per heavy atom. The molecular weight excluding hydrogens is 358 g/mol. The maximum Gasteiger partial charge on any atom is 0.305 e. The van der Waals surface area contributed by atoms with E-state index in [-0.39, 0.29) is 12.3 Å². The SMILES string of the molecule is CC1CCO1.COc1ccc(C(CC(=O)O)N2Cc3ccccc3C2=O)cc1. The van der Waals surface area contributed by atoms with Gasteiger partial charge in [0.2, 0.25) is 0 Å². The molecule has 0 aromatic heterocycles. The molecule has 2 aliphatic heterocycles. The van der Waals surface area contributed by atoms with Crippen LogP contribution in [0, 0.1) is 0 Å². The van der Waals surface area contributed by atoms with Crippen LogP contribution in [0.15, 0.2) is 48.5 Å². The molecule has 2 aliphatic rings. The summed E-state index contributed by atoms with van der Waals surface area (Å²) in [6.45, 7) is 3.50. The van der Waals surface area contributed by atoms with Crippen LogP contribution < -0.4 is 4.74 Å². The molecule has 1 N–H and O–H groups in total. The van der Waals surface area contributed by atoms with Crippen molar-refractivity contribution in [2.24, 2.45) is 0 Å². The van der Waals surface area contributed by atoms with E-state index in [1.807, 2.05) is 30.3 Å². The Morgan fingerprint density at radius 1 is 1.25 bits per heavy atom. The Kier molecular flexibility index (Phi) is 6.31. The van der Waals surface area contributed by atoms with Gasteiger partial charge >= 0.3 is 5.97 Å². The molecule has 0 spiro atoms. The Hall–Kier alpha value is -2.86. The van der Waals surface area contributed by atoms with Gasteiger partial charge in [0.25, 0.3) is 5.91 Å². The number of carboxylic acid groups (broad SMARTS) is 1. The van der Waals surface area contributed by atoms with Crippen molar-refractivity contribution in [1.29, 1.82) is 0 Å². The number of hydrogen-bond acceptors (Lipinski definition) is 4. The molecule has 1 amide bonds. The van der Waals surface area contributed by atoms with Crippen LogP contribution >= 0.6 is 0 Å². The van der Waals surface area contributed by atoms with E-state index in [2.05, 4.69) is 6.92 Å². The van der Waals surface area contributed by atoms with Gasteiger partial charge in [0, 0.05) is 18.7 Å². The normalized spacial score (nSPS) is 18.4. The third-order valence-corrected chi connectivity index (χ3v) is 5.02. The van der Waals surface area contributed by atoms with Gasteiger partial charge in [0.15, 0.2) is 0 Å². The van der Waals surface area contributed by atoms with E-state index in [0.29, 0.717) is 24.0 Å². The number of nitrogens with zero attached hydrogens (tertiary/aromatic N) is 1. The molecule has 2 heterocycles. The van der Waals surface area contributed by atoms with Gasteiger partial charge in [0.1, 0.15) is 5.75 Å². The monoisotopic (exact) mass is 383 g/mol. The Morgan fingerprint density at radius 3 is 2.39 bits per heavy atom. The zero-order chi connectivity index (χ0) is 20.1. The number of fused-ring (bicyclic) bond motifs is 1. The second kappa shape index (κ2) is 8.89. The molecule has 0 aliphatic carbocycles. The number of benzene rings is 2. The lowest BCUT2D eigenvalue weighted by Crippen LogP contribution is -2.30. The molecule has 1 fully saturated rings. The minimum atomic E-state index is -0.936. The van der Waals surface area contributed by atoms with Gasteiger partial charge in [-0.05, 0) is 42.7 Å². The minimum Gasteiger partial charge on any atom is -0.497 e. The number of carbonyl (C=O) groups is 2. The molecule has 0 radical (unpaired) electrons. The molecule has 1 saturated heterocycles. The number of carbonyl (C=O) groups excluding carboxylic acids is 1. The molecule has 0 saturated carbocycles. The second-order valence-corrected chi connectivity index (χ2v) is 6.95. The summed E-state index contributed by atoms with van der Waals surface area (Å²) in [4.78, 5) is 25.5. The highest BCUT2D eigenvalue weighted by atomic mass is 16.5. The van der Waals surface area contributed by atoms with Crippen molar-refractivity contribution in [3.8, 4) is 5.75 Å². The van der Waals surface area contributed by atoms with E-state index >= 15 is 0 Å². The van der Waals surface area contributed by atoms with Crippen molar-refractivity contribution in [1.82, 2.24) is 4.90 Å². The molecule has 2 unspecified atom stereocenters. The molecule has 28 heavy (non-hydrogen) atoms. The topological polar surface area (TPSA) is 76.1 Å². The first-order valence-electron chi connectivity index (χ1n) is 9.35. The molecule has 2 atom stereocenters. The summed E-state index contributed by atoms with van der Waals surface area (Å²) in [6.07, 6.45) is 1.70. The lowest BCUT2D eigenvalue weighted by Gasteiger charge is -2.27. The van der Waals surface area contributed by atoms with Crippen molar-refractivity contribution >= 4 is 11.9 Å². The average molecular weight is 383 g/mol. The first-order valence-corrected chi connectivity index (χ1v) is 9.35. The first-order chi connectivity index (χ1) is 13.5. The largest absolute Gasteiger partial charge is 0.497 e. The van der Waals surface area contributed by atoms with E-state index in [4.69, 9.17) is 9.47 Å². The maximum absolute atomic E-state index is 12.6. The summed E-state index contributed by atoms with van der Waals surface area (Å²) in [7, 11) is 1.57. The number of amides is 1. The predicted octanol–water partition coefficient (Wildman–Crippen LogP) is 3.66. The third kappa shape index (κ3) is 4.51. The molecule has 6 heteroatoms. The van der Waals surface area contributed by atoms with Crippen LogP contribution in [-0.2, 0) is 16.1 Å². The lowest BCUT2D eigenvalue weighted by molar-refractivity contribution is -0.138. The van der Waals surface area contributed by atoms with E-state index in [9.17, 15) is 14.7 Å². The fourth-order valence-electron chi connectivity index (χ4n) is 3.28. The molecule has 6 nitrogen and oxygen atoms in total. The highest BCUT2D eigenvalue weighted by Crippen LogP contribution is 2.34. The molecule has 4 rings (SSSR count). The van der Waals surface area contributed by atoms with E-state index in [0.717, 1.165) is 17.7 Å². The summed E-state index contributed by atoms with van der Waals surface area (Å²) >= 11 is 0. The number of aliphatic carboxylic acids is 1. The van der Waals surface area contributed by atoms with Crippen LogP contribution in [-0.4, -0.2) is 41.7 Å². The van der Waals surface area contributed by atoms with Gasteiger partial charge in [0.05, 0.1) is 25.7 Å². The highest BCUT2D eigenvalue weighted by molar-refractivity contribution is 5.98. The van der Waals surface area contributed by atoms with Crippen molar-refractivity contribution < 1.29 is 24.2 Å². The van der Waals surface area contributed by atoms with Crippen LogP contribution in [0.1, 0.15) is 47.3 Å². The Bertz CT molecular complexity index is 829. The zero-order valence-corrected chi connectivity index (χ0v) is 16.1. The third-order valence-electron chi connectivity index (χ3n) is 5.02. The van der Waals surface area contributed by atoms with Crippen molar-refractivity contribution in [2.75, 3.05) is 13.7 Å². The molecule has 148 valence electrons. The van der Waals surface area contributed by atoms with Crippen LogP contribution in [0.2, 0.25) is 0 Å². The lowest BCUT2D eigenvalue weighted by atomic mass is 10.0. The Labute approximate surface area is 164 Å². The van der Waals surface area contributed by atoms with Crippen LogP contribution in [0.5, 0.6) is 5.75 Å². The summed E-state index contributed by atoms with van der Waals surface area (Å²) in [6, 6.07) is 14.1. The molecule has 0 bridgehead atoms. The van der Waals surface area contributed by atoms with Gasteiger partial charge in [-0.1, -0.05) is 30.3 Å². The number of carboxylic acids is 1. The predicted molar refractivity (Wildman–Crippen MR) is 104 cm³/mol. The minimum absolute atomic E-state index is 0.123.